The highest BCUT2D eigenvalue weighted by molar-refractivity contribution is 7.80. The fourth-order valence-electron chi connectivity index (χ4n) is 8.71. The molecule has 4 aromatic rings. The van der Waals surface area contributed by atoms with Gasteiger partial charge < -0.3 is 25.1 Å². The first-order valence-corrected chi connectivity index (χ1v) is 20.1. The number of thiol groups is 1. The first kappa shape index (κ1) is 39.8. The monoisotopic (exact) mass is 818 g/mol. The van der Waals surface area contributed by atoms with Gasteiger partial charge >= 0.3 is 6.18 Å². The highest BCUT2D eigenvalue weighted by Crippen LogP contribution is 2.41. The van der Waals surface area contributed by atoms with Gasteiger partial charge in [-0.25, -0.2) is 4.98 Å². The molecule has 0 saturated carbocycles. The summed E-state index contributed by atoms with van der Waals surface area (Å²) in [4.78, 5) is 60.6. The van der Waals surface area contributed by atoms with Crippen LogP contribution in [0.1, 0.15) is 101 Å². The van der Waals surface area contributed by atoms with Crippen LogP contribution in [0.4, 0.5) is 24.5 Å². The van der Waals surface area contributed by atoms with Gasteiger partial charge in [-0.15, -0.1) is 12.6 Å². The number of pyridine rings is 1. The Morgan fingerprint density at radius 2 is 1.72 bits per heavy atom. The third-order valence-corrected chi connectivity index (χ3v) is 12.4. The van der Waals surface area contributed by atoms with Gasteiger partial charge in [0, 0.05) is 73.2 Å². The molecule has 4 aliphatic heterocycles. The van der Waals surface area contributed by atoms with Crippen molar-refractivity contribution >= 4 is 58.5 Å². The van der Waals surface area contributed by atoms with E-state index in [1.165, 1.54) is 11.0 Å². The first-order chi connectivity index (χ1) is 27.5. The zero-order chi connectivity index (χ0) is 41.1. The molecule has 6 heterocycles. The number of hydrogen-bond acceptors (Lipinski definition) is 10. The number of anilines is 2. The predicted molar refractivity (Wildman–Crippen MR) is 212 cm³/mol. The highest BCUT2D eigenvalue weighted by atomic mass is 32.1. The van der Waals surface area contributed by atoms with Gasteiger partial charge in [0.1, 0.15) is 22.8 Å². The second-order valence-electron chi connectivity index (χ2n) is 16.3. The van der Waals surface area contributed by atoms with Crippen LogP contribution in [0.2, 0.25) is 0 Å². The number of aliphatic hydroxyl groups is 1. The molecule has 58 heavy (non-hydrogen) atoms. The molecular weight excluding hydrogens is 774 g/mol. The maximum atomic E-state index is 13.5. The normalized spacial score (nSPS) is 21.5. The molecule has 2 unspecified atom stereocenters. The molecule has 0 radical (unpaired) electrons. The molecule has 0 spiro atoms. The van der Waals surface area contributed by atoms with E-state index in [0.29, 0.717) is 22.6 Å². The topological polar surface area (TPSA) is 153 Å². The van der Waals surface area contributed by atoms with Crippen molar-refractivity contribution in [1.82, 2.24) is 29.9 Å². The van der Waals surface area contributed by atoms with E-state index in [-0.39, 0.29) is 36.4 Å². The predicted octanol–water partition coefficient (Wildman–Crippen LogP) is 5.67. The van der Waals surface area contributed by atoms with Crippen LogP contribution < -0.4 is 15.5 Å². The quantitative estimate of drug-likeness (QED) is 0.130. The summed E-state index contributed by atoms with van der Waals surface area (Å²) >= 11 is 4.69. The number of nitrogens with zero attached hydrogens (tertiary/aromatic N) is 6. The molecule has 3 fully saturated rings. The van der Waals surface area contributed by atoms with Gasteiger partial charge in [0.15, 0.2) is 0 Å². The van der Waals surface area contributed by atoms with Gasteiger partial charge in [-0.1, -0.05) is 12.1 Å². The molecule has 17 heteroatoms. The van der Waals surface area contributed by atoms with Crippen LogP contribution in [-0.2, 0) is 21.4 Å². The van der Waals surface area contributed by atoms with E-state index in [9.17, 15) is 37.5 Å². The Balaban J connectivity index is 0.862. The maximum Gasteiger partial charge on any atom is 0.433 e. The molecule has 3 N–H and O–H groups in total. The van der Waals surface area contributed by atoms with Crippen molar-refractivity contribution in [3.05, 3.63) is 82.8 Å². The van der Waals surface area contributed by atoms with E-state index < -0.39 is 46.4 Å². The minimum absolute atomic E-state index is 0.147. The maximum absolute atomic E-state index is 13.5. The van der Waals surface area contributed by atoms with Crippen LogP contribution in [0.15, 0.2) is 54.7 Å². The van der Waals surface area contributed by atoms with Gasteiger partial charge in [0.05, 0.1) is 17.2 Å². The number of amides is 4. The minimum Gasteiger partial charge on any atom is -0.386 e. The molecule has 2 aromatic carbocycles. The van der Waals surface area contributed by atoms with Crippen molar-refractivity contribution in [3.8, 4) is 0 Å². The number of aromatic nitrogens is 3. The van der Waals surface area contributed by atoms with Crippen molar-refractivity contribution in [2.45, 2.75) is 81.6 Å². The van der Waals surface area contributed by atoms with Crippen molar-refractivity contribution in [2.75, 3.05) is 42.9 Å². The van der Waals surface area contributed by atoms with Crippen LogP contribution in [0.25, 0.3) is 10.9 Å². The van der Waals surface area contributed by atoms with Crippen LogP contribution in [0, 0.1) is 5.92 Å². The average Bonchev–Trinajstić information content (AvgIpc) is 3.71. The van der Waals surface area contributed by atoms with Crippen molar-refractivity contribution < 1.29 is 37.5 Å². The zero-order valence-corrected chi connectivity index (χ0v) is 33.0. The minimum atomic E-state index is -4.70. The Kier molecular flexibility index (Phi) is 10.5. The van der Waals surface area contributed by atoms with Gasteiger partial charge in [-0.3, -0.25) is 29.2 Å². The Morgan fingerprint density at radius 3 is 2.41 bits per heavy atom. The number of hydrogen-bond donors (Lipinski definition) is 4. The number of piperidine rings is 3. The summed E-state index contributed by atoms with van der Waals surface area (Å²) in [7, 11) is 0. The Hall–Kier alpha value is -5.00. The number of benzene rings is 2. The number of halogens is 3. The third-order valence-electron chi connectivity index (χ3n) is 11.9. The molecule has 2 aromatic heterocycles. The largest absolute Gasteiger partial charge is 0.433 e. The van der Waals surface area contributed by atoms with E-state index in [0.717, 1.165) is 87.2 Å². The standard InChI is InChI=1S/C41H45F3N8O5S/c1-40(2,57)29-20-31-24(18-32(29)46-36(54)30-4-3-5-34(45-30)41(42,43)44)22-51(48-31)25-12-14-49(15-13-25)21-23-10-16-50(17-11-23)26-6-7-27-28(19-26)38(56)52(39(27)58)33-8-9-35(53)47-37(33)55/h3-7,18-20,22-23,25,33,39,57-58H,8-17,21H2,1-2H3,(H,46,54)(H,47,53,55). The number of nitrogens with one attached hydrogen (secondary N) is 2. The number of rotatable bonds is 8. The molecule has 306 valence electrons. The molecule has 0 bridgehead atoms. The Morgan fingerprint density at radius 1 is 0.983 bits per heavy atom. The lowest BCUT2D eigenvalue weighted by atomic mass is 9.94. The van der Waals surface area contributed by atoms with Crippen molar-refractivity contribution in [1.29, 1.82) is 0 Å². The van der Waals surface area contributed by atoms with Crippen molar-refractivity contribution in [3.63, 3.8) is 0 Å². The average molecular weight is 819 g/mol. The molecular formula is C41H45F3N8O5S. The number of fused-ring (bicyclic) bond motifs is 2. The van der Waals surface area contributed by atoms with Gasteiger partial charge in [0.2, 0.25) is 11.8 Å². The fraction of sp³-hybridized carbons (Fsp3) is 0.463. The lowest BCUT2D eigenvalue weighted by Gasteiger charge is -2.38. The van der Waals surface area contributed by atoms with E-state index in [1.807, 2.05) is 29.1 Å². The van der Waals surface area contributed by atoms with Crippen LogP contribution in [0.5, 0.6) is 0 Å². The van der Waals surface area contributed by atoms with Gasteiger partial charge in [-0.05, 0) is 93.8 Å². The summed E-state index contributed by atoms with van der Waals surface area (Å²) in [5, 5.41) is 21.0. The second kappa shape index (κ2) is 15.3. The molecule has 3 saturated heterocycles. The summed E-state index contributed by atoms with van der Waals surface area (Å²) in [5.41, 5.74) is 0.607. The lowest BCUT2D eigenvalue weighted by molar-refractivity contribution is -0.141. The smallest absolute Gasteiger partial charge is 0.386 e. The van der Waals surface area contributed by atoms with E-state index in [1.54, 1.807) is 26.0 Å². The Bertz CT molecular complexity index is 2280. The molecule has 0 aliphatic carbocycles. The van der Waals surface area contributed by atoms with Crippen LogP contribution >= 0.6 is 12.6 Å². The van der Waals surface area contributed by atoms with Gasteiger partial charge in [-0.2, -0.15) is 18.3 Å². The number of carbonyl (C=O) groups is 4. The highest BCUT2D eigenvalue weighted by Gasteiger charge is 2.44. The summed E-state index contributed by atoms with van der Waals surface area (Å²) in [6, 6.07) is 11.8. The summed E-state index contributed by atoms with van der Waals surface area (Å²) < 4.78 is 41.7. The van der Waals surface area contributed by atoms with Crippen molar-refractivity contribution in [2.24, 2.45) is 5.92 Å². The lowest BCUT2D eigenvalue weighted by Crippen LogP contribution is -2.53. The Labute approximate surface area is 338 Å². The second-order valence-corrected chi connectivity index (χ2v) is 16.8. The molecule has 13 nitrogen and oxygen atoms in total. The van der Waals surface area contributed by atoms with Crippen LogP contribution in [0.3, 0.4) is 0 Å². The zero-order valence-electron chi connectivity index (χ0n) is 32.1. The molecule has 2 atom stereocenters. The molecule has 4 amide bonds. The fourth-order valence-corrected chi connectivity index (χ4v) is 9.20. The van der Waals surface area contributed by atoms with Gasteiger partial charge in [0.25, 0.3) is 11.8 Å². The van der Waals surface area contributed by atoms with E-state index in [2.05, 4.69) is 38.0 Å². The number of imide groups is 1. The molecule has 4 aliphatic rings. The molecule has 8 rings (SSSR count). The summed E-state index contributed by atoms with van der Waals surface area (Å²) in [6.45, 7) is 7.66. The summed E-state index contributed by atoms with van der Waals surface area (Å²) in [6.07, 6.45) is 1.49. The number of alkyl halides is 3. The summed E-state index contributed by atoms with van der Waals surface area (Å²) in [5.74, 6) is -1.32. The SMILES string of the molecule is CC(C)(O)c1cc2nn(C3CCN(CC4CCN(c5ccc6c(c5)C(=O)N(C5CCC(=O)NC5=O)C6S)CC4)CC3)cc2cc1NC(=O)c1cccc(C(F)(F)F)n1. The van der Waals surface area contributed by atoms with E-state index in [4.69, 9.17) is 5.10 Å². The first-order valence-electron chi connectivity index (χ1n) is 19.6. The van der Waals surface area contributed by atoms with Crippen LogP contribution in [-0.4, -0.2) is 92.1 Å². The number of carbonyl (C=O) groups excluding carboxylic acids is 4. The third kappa shape index (κ3) is 7.91. The number of likely N-dealkylation sites (tertiary alicyclic amines) is 1. The van der Waals surface area contributed by atoms with E-state index >= 15 is 0 Å².